The zero-order chi connectivity index (χ0) is 17.1. The van der Waals surface area contributed by atoms with Crippen LogP contribution in [-0.2, 0) is 13.1 Å². The molecule has 128 valence electrons. The molecule has 1 heterocycles. The molecule has 1 aliphatic rings. The van der Waals surface area contributed by atoms with E-state index >= 15 is 0 Å². The summed E-state index contributed by atoms with van der Waals surface area (Å²) in [6.45, 7) is 3.99. The fourth-order valence-electron chi connectivity index (χ4n) is 3.29. The van der Waals surface area contributed by atoms with Gasteiger partial charge in [-0.1, -0.05) is 48.5 Å². The van der Waals surface area contributed by atoms with E-state index in [0.717, 1.165) is 30.5 Å². The van der Waals surface area contributed by atoms with Gasteiger partial charge in [-0.2, -0.15) is 4.68 Å². The van der Waals surface area contributed by atoms with Crippen LogP contribution < -0.4 is 0 Å². The largest absolute Gasteiger partial charge is 0.289 e. The summed E-state index contributed by atoms with van der Waals surface area (Å²) < 4.78 is 1.84. The molecule has 1 aliphatic carbocycles. The van der Waals surface area contributed by atoms with Crippen molar-refractivity contribution in [2.45, 2.75) is 38.9 Å². The number of benzene rings is 2. The smallest absolute Gasteiger partial charge is 0.170 e. The maximum absolute atomic E-state index is 4.30. The summed E-state index contributed by atoms with van der Waals surface area (Å²) in [4.78, 5) is 2.50. The number of tetrazole rings is 1. The fraction of sp³-hybridized carbons (Fsp3) is 0.350. The van der Waals surface area contributed by atoms with Crippen LogP contribution in [0.15, 0.2) is 60.7 Å². The number of para-hydroxylation sites is 1. The van der Waals surface area contributed by atoms with Crippen molar-refractivity contribution in [3.8, 4) is 5.69 Å². The van der Waals surface area contributed by atoms with Gasteiger partial charge in [-0.15, -0.1) is 5.10 Å². The van der Waals surface area contributed by atoms with E-state index in [1.54, 1.807) is 0 Å². The van der Waals surface area contributed by atoms with Crippen LogP contribution in [0.1, 0.15) is 31.2 Å². The minimum atomic E-state index is 0.529. The molecule has 0 amide bonds. The lowest BCUT2D eigenvalue weighted by atomic mass is 10.1. The van der Waals surface area contributed by atoms with Gasteiger partial charge in [0.1, 0.15) is 0 Å². The minimum absolute atomic E-state index is 0.529. The molecule has 0 bridgehead atoms. The highest BCUT2D eigenvalue weighted by Crippen LogP contribution is 2.36. The quantitative estimate of drug-likeness (QED) is 0.664. The van der Waals surface area contributed by atoms with Crippen LogP contribution in [0.3, 0.4) is 0 Å². The summed E-state index contributed by atoms with van der Waals surface area (Å²) in [6.07, 6.45) is 2.66. The van der Waals surface area contributed by atoms with Gasteiger partial charge in [0.15, 0.2) is 5.82 Å². The van der Waals surface area contributed by atoms with Crippen molar-refractivity contribution in [3.63, 3.8) is 0 Å². The van der Waals surface area contributed by atoms with Crippen molar-refractivity contribution in [3.05, 3.63) is 72.1 Å². The first-order valence-electron chi connectivity index (χ1n) is 8.92. The molecule has 25 heavy (non-hydrogen) atoms. The molecule has 0 spiro atoms. The standard InChI is InChI=1S/C20H23N5/c1-16(18-12-13-18)24(14-17-8-4-2-5-9-17)15-20-21-22-23-25(20)19-10-6-3-7-11-19/h2-11,16,18H,12-15H2,1H3. The summed E-state index contributed by atoms with van der Waals surface area (Å²) in [5.74, 6) is 1.68. The van der Waals surface area contributed by atoms with Gasteiger partial charge in [0.2, 0.25) is 0 Å². The van der Waals surface area contributed by atoms with E-state index in [-0.39, 0.29) is 0 Å². The Morgan fingerprint density at radius 3 is 2.36 bits per heavy atom. The fourth-order valence-corrected chi connectivity index (χ4v) is 3.29. The zero-order valence-electron chi connectivity index (χ0n) is 14.5. The first-order chi connectivity index (χ1) is 12.3. The number of aromatic nitrogens is 4. The summed E-state index contributed by atoms with van der Waals surface area (Å²) in [7, 11) is 0. The Hall–Kier alpha value is -2.53. The third-order valence-electron chi connectivity index (χ3n) is 4.99. The first kappa shape index (κ1) is 16.0. The highest BCUT2D eigenvalue weighted by atomic mass is 15.5. The molecule has 1 aromatic heterocycles. The SMILES string of the molecule is CC(C1CC1)N(Cc1ccccc1)Cc1nnnn1-c1ccccc1. The van der Waals surface area contributed by atoms with Gasteiger partial charge < -0.3 is 0 Å². The van der Waals surface area contributed by atoms with Gasteiger partial charge in [0.05, 0.1) is 12.2 Å². The average molecular weight is 333 g/mol. The molecular formula is C20H23N5. The molecule has 0 saturated heterocycles. The second-order valence-corrected chi connectivity index (χ2v) is 6.81. The molecular weight excluding hydrogens is 310 g/mol. The van der Waals surface area contributed by atoms with Crippen LogP contribution in [0.4, 0.5) is 0 Å². The molecule has 0 radical (unpaired) electrons. The van der Waals surface area contributed by atoms with Crippen LogP contribution in [-0.4, -0.2) is 31.1 Å². The zero-order valence-corrected chi connectivity index (χ0v) is 14.5. The molecule has 5 heteroatoms. The van der Waals surface area contributed by atoms with Crippen LogP contribution in [0.25, 0.3) is 5.69 Å². The van der Waals surface area contributed by atoms with Crippen molar-refractivity contribution in [1.29, 1.82) is 0 Å². The third-order valence-corrected chi connectivity index (χ3v) is 4.99. The van der Waals surface area contributed by atoms with Crippen molar-refractivity contribution in [2.24, 2.45) is 5.92 Å². The van der Waals surface area contributed by atoms with Gasteiger partial charge in [-0.25, -0.2) is 0 Å². The first-order valence-corrected chi connectivity index (χ1v) is 8.92. The van der Waals surface area contributed by atoms with Crippen molar-refractivity contribution >= 4 is 0 Å². The second-order valence-electron chi connectivity index (χ2n) is 6.81. The van der Waals surface area contributed by atoms with Crippen LogP contribution >= 0.6 is 0 Å². The summed E-state index contributed by atoms with van der Waals surface area (Å²) in [6, 6.07) is 21.3. The molecule has 1 unspecified atom stereocenters. The van der Waals surface area contributed by atoms with E-state index in [9.17, 15) is 0 Å². The Bertz CT molecular complexity index is 795. The Morgan fingerprint density at radius 2 is 1.68 bits per heavy atom. The van der Waals surface area contributed by atoms with Crippen molar-refractivity contribution in [2.75, 3.05) is 0 Å². The second kappa shape index (κ2) is 7.15. The monoisotopic (exact) mass is 333 g/mol. The molecule has 4 rings (SSSR count). The Kier molecular flexibility index (Phi) is 4.57. The highest BCUT2D eigenvalue weighted by Gasteiger charge is 2.32. The van der Waals surface area contributed by atoms with E-state index in [4.69, 9.17) is 0 Å². The Labute approximate surface area is 148 Å². The van der Waals surface area contributed by atoms with E-state index < -0.39 is 0 Å². The van der Waals surface area contributed by atoms with Gasteiger partial charge in [0, 0.05) is 12.6 Å². The van der Waals surface area contributed by atoms with Crippen LogP contribution in [0.2, 0.25) is 0 Å². The van der Waals surface area contributed by atoms with Crippen LogP contribution in [0.5, 0.6) is 0 Å². The van der Waals surface area contributed by atoms with E-state index in [1.165, 1.54) is 18.4 Å². The molecule has 1 fully saturated rings. The lowest BCUT2D eigenvalue weighted by molar-refractivity contribution is 0.166. The van der Waals surface area contributed by atoms with Crippen molar-refractivity contribution in [1.82, 2.24) is 25.1 Å². The number of hydrogen-bond acceptors (Lipinski definition) is 4. The van der Waals surface area contributed by atoms with Gasteiger partial charge in [-0.3, -0.25) is 4.90 Å². The molecule has 1 atom stereocenters. The summed E-state index contributed by atoms with van der Waals surface area (Å²) in [5, 5.41) is 12.4. The molecule has 0 aliphatic heterocycles. The number of hydrogen-bond donors (Lipinski definition) is 0. The highest BCUT2D eigenvalue weighted by molar-refractivity contribution is 5.30. The van der Waals surface area contributed by atoms with E-state index in [1.807, 2.05) is 35.0 Å². The predicted molar refractivity (Wildman–Crippen MR) is 97.0 cm³/mol. The van der Waals surface area contributed by atoms with E-state index in [2.05, 4.69) is 57.7 Å². The third kappa shape index (κ3) is 3.77. The molecule has 3 aromatic rings. The normalized spacial score (nSPS) is 15.4. The summed E-state index contributed by atoms with van der Waals surface area (Å²) >= 11 is 0. The van der Waals surface area contributed by atoms with Gasteiger partial charge in [0.25, 0.3) is 0 Å². The lowest BCUT2D eigenvalue weighted by Gasteiger charge is -2.28. The number of nitrogens with zero attached hydrogens (tertiary/aromatic N) is 5. The Morgan fingerprint density at radius 1 is 1.00 bits per heavy atom. The predicted octanol–water partition coefficient (Wildman–Crippen LogP) is 3.46. The van der Waals surface area contributed by atoms with Gasteiger partial charge in [-0.05, 0) is 53.8 Å². The molecule has 1 saturated carbocycles. The number of rotatable bonds is 7. The van der Waals surface area contributed by atoms with Crippen LogP contribution in [0, 0.1) is 5.92 Å². The Balaban J connectivity index is 1.58. The topological polar surface area (TPSA) is 46.8 Å². The maximum Gasteiger partial charge on any atom is 0.170 e. The maximum atomic E-state index is 4.30. The molecule has 0 N–H and O–H groups in total. The van der Waals surface area contributed by atoms with E-state index in [0.29, 0.717) is 6.04 Å². The van der Waals surface area contributed by atoms with Gasteiger partial charge >= 0.3 is 0 Å². The summed E-state index contributed by atoms with van der Waals surface area (Å²) in [5.41, 5.74) is 2.33. The average Bonchev–Trinajstić information content (AvgIpc) is 3.41. The molecule has 5 nitrogen and oxygen atoms in total. The minimum Gasteiger partial charge on any atom is -0.289 e. The van der Waals surface area contributed by atoms with Crippen molar-refractivity contribution < 1.29 is 0 Å². The lowest BCUT2D eigenvalue weighted by Crippen LogP contribution is -2.34. The molecule has 2 aromatic carbocycles.